The fourth-order valence-electron chi connectivity index (χ4n) is 2.95. The number of nitrogens with zero attached hydrogens (tertiary/aromatic N) is 1. The highest BCUT2D eigenvalue weighted by Gasteiger charge is 2.46. The molecule has 1 aliphatic rings. The SMILES string of the molecule is CCCCN1C(=O)C(=O)/C(=C(\O)c2ccc(Cl)cc2)C1c1cccs1. The van der Waals surface area contributed by atoms with E-state index in [2.05, 4.69) is 0 Å². The van der Waals surface area contributed by atoms with Crippen LogP contribution in [0.1, 0.15) is 36.2 Å². The average molecular weight is 376 g/mol. The van der Waals surface area contributed by atoms with Gasteiger partial charge in [-0.2, -0.15) is 0 Å². The highest BCUT2D eigenvalue weighted by Crippen LogP contribution is 2.41. The molecule has 1 aromatic carbocycles. The first-order valence-corrected chi connectivity index (χ1v) is 9.38. The number of carbonyl (C=O) groups is 2. The van der Waals surface area contributed by atoms with Crippen LogP contribution < -0.4 is 0 Å². The fourth-order valence-corrected chi connectivity index (χ4v) is 3.92. The van der Waals surface area contributed by atoms with Gasteiger partial charge in [-0.25, -0.2) is 0 Å². The van der Waals surface area contributed by atoms with Crippen LogP contribution in [0.2, 0.25) is 5.02 Å². The molecule has 0 radical (unpaired) electrons. The molecule has 2 heterocycles. The number of ketones is 1. The van der Waals surface area contributed by atoms with Crippen LogP contribution in [-0.4, -0.2) is 28.2 Å². The predicted octanol–water partition coefficient (Wildman–Crippen LogP) is 4.62. The van der Waals surface area contributed by atoms with Crippen LogP contribution >= 0.6 is 22.9 Å². The molecule has 1 aromatic heterocycles. The molecular formula is C19H18ClNO3S. The normalized spacial score (nSPS) is 19.6. The minimum Gasteiger partial charge on any atom is -0.507 e. The molecule has 0 aliphatic carbocycles. The Balaban J connectivity index is 2.11. The lowest BCUT2D eigenvalue weighted by molar-refractivity contribution is -0.139. The maximum Gasteiger partial charge on any atom is 0.295 e. The van der Waals surface area contributed by atoms with Gasteiger partial charge in [0.05, 0.1) is 11.6 Å². The minimum absolute atomic E-state index is 0.144. The van der Waals surface area contributed by atoms with E-state index in [4.69, 9.17) is 11.6 Å². The summed E-state index contributed by atoms with van der Waals surface area (Å²) in [6, 6.07) is 9.79. The lowest BCUT2D eigenvalue weighted by atomic mass is 10.00. The van der Waals surface area contributed by atoms with Crippen molar-refractivity contribution in [2.75, 3.05) is 6.54 Å². The van der Waals surface area contributed by atoms with Crippen molar-refractivity contribution >= 4 is 40.4 Å². The maximum absolute atomic E-state index is 12.6. The Morgan fingerprint density at radius 2 is 1.96 bits per heavy atom. The highest BCUT2D eigenvalue weighted by molar-refractivity contribution is 7.10. The van der Waals surface area contributed by atoms with Crippen LogP contribution in [0, 0.1) is 0 Å². The second kappa shape index (κ2) is 7.42. The number of hydrogen-bond donors (Lipinski definition) is 1. The topological polar surface area (TPSA) is 57.6 Å². The first-order valence-electron chi connectivity index (χ1n) is 8.12. The maximum atomic E-state index is 12.6. The average Bonchev–Trinajstić information content (AvgIpc) is 3.21. The molecule has 6 heteroatoms. The number of likely N-dealkylation sites (tertiary alicyclic amines) is 1. The number of aliphatic hydroxyl groups is 1. The smallest absolute Gasteiger partial charge is 0.295 e. The largest absolute Gasteiger partial charge is 0.507 e. The molecule has 0 saturated carbocycles. The van der Waals surface area contributed by atoms with Gasteiger partial charge in [0.15, 0.2) is 0 Å². The Labute approximate surface area is 155 Å². The molecule has 0 bridgehead atoms. The van der Waals surface area contributed by atoms with Gasteiger partial charge in [0.2, 0.25) is 0 Å². The first kappa shape index (κ1) is 17.7. The Morgan fingerprint density at radius 1 is 1.24 bits per heavy atom. The van der Waals surface area contributed by atoms with Crippen molar-refractivity contribution in [3.63, 3.8) is 0 Å². The van der Waals surface area contributed by atoms with E-state index in [9.17, 15) is 14.7 Å². The van der Waals surface area contributed by atoms with Crippen LogP contribution in [-0.2, 0) is 9.59 Å². The minimum atomic E-state index is -0.637. The molecule has 1 atom stereocenters. The number of hydrogen-bond acceptors (Lipinski definition) is 4. The molecule has 1 amide bonds. The highest BCUT2D eigenvalue weighted by atomic mass is 35.5. The van der Waals surface area contributed by atoms with Gasteiger partial charge in [-0.05, 0) is 42.1 Å². The summed E-state index contributed by atoms with van der Waals surface area (Å²) in [4.78, 5) is 27.6. The van der Waals surface area contributed by atoms with Crippen molar-refractivity contribution in [3.8, 4) is 0 Å². The number of rotatable bonds is 5. The van der Waals surface area contributed by atoms with E-state index in [1.165, 1.54) is 11.3 Å². The third-order valence-electron chi connectivity index (χ3n) is 4.22. The van der Waals surface area contributed by atoms with Crippen LogP contribution in [0.4, 0.5) is 0 Å². The van der Waals surface area contributed by atoms with Gasteiger partial charge >= 0.3 is 0 Å². The summed E-state index contributed by atoms with van der Waals surface area (Å²) in [5.41, 5.74) is 0.616. The zero-order valence-corrected chi connectivity index (χ0v) is 15.3. The van der Waals surface area contributed by atoms with Crippen molar-refractivity contribution in [1.29, 1.82) is 0 Å². The van der Waals surface area contributed by atoms with Crippen molar-refractivity contribution in [3.05, 3.63) is 62.8 Å². The first-order chi connectivity index (χ1) is 12.0. The summed E-state index contributed by atoms with van der Waals surface area (Å²) < 4.78 is 0. The van der Waals surface area contributed by atoms with Crippen LogP contribution in [0.3, 0.4) is 0 Å². The zero-order valence-electron chi connectivity index (χ0n) is 13.7. The Kier molecular flexibility index (Phi) is 5.25. The standard InChI is InChI=1S/C19H18ClNO3S/c1-2-3-10-21-16(14-5-4-11-25-14)15(18(23)19(21)24)17(22)12-6-8-13(20)9-7-12/h4-9,11,16,22H,2-3,10H2,1H3/b17-15-. The molecule has 130 valence electrons. The summed E-state index contributed by atoms with van der Waals surface area (Å²) in [7, 11) is 0. The van der Waals surface area contributed by atoms with Gasteiger partial charge in [-0.15, -0.1) is 11.3 Å². The molecular weight excluding hydrogens is 358 g/mol. The molecule has 0 spiro atoms. The summed E-state index contributed by atoms with van der Waals surface area (Å²) >= 11 is 7.36. The van der Waals surface area contributed by atoms with E-state index in [1.54, 1.807) is 29.2 Å². The van der Waals surface area contributed by atoms with Gasteiger partial charge in [0.1, 0.15) is 5.76 Å². The lowest BCUT2D eigenvalue weighted by Crippen LogP contribution is -2.30. The molecule has 1 saturated heterocycles. The summed E-state index contributed by atoms with van der Waals surface area (Å²) in [6.07, 6.45) is 1.72. The Bertz CT molecular complexity index is 812. The van der Waals surface area contributed by atoms with Crippen LogP contribution in [0.5, 0.6) is 0 Å². The number of Topliss-reactive ketones (excluding diaryl/α,β-unsaturated/α-hetero) is 1. The van der Waals surface area contributed by atoms with E-state index in [0.29, 0.717) is 17.1 Å². The molecule has 3 rings (SSSR count). The summed E-state index contributed by atoms with van der Waals surface area (Å²) in [5.74, 6) is -1.35. The number of thiophene rings is 1. The molecule has 1 unspecified atom stereocenters. The Hall–Kier alpha value is -2.11. The van der Waals surface area contributed by atoms with Crippen molar-refractivity contribution in [2.45, 2.75) is 25.8 Å². The molecule has 25 heavy (non-hydrogen) atoms. The number of amides is 1. The predicted molar refractivity (Wildman–Crippen MR) is 99.7 cm³/mol. The van der Waals surface area contributed by atoms with Crippen molar-refractivity contribution < 1.29 is 14.7 Å². The zero-order chi connectivity index (χ0) is 18.0. The number of carbonyl (C=O) groups excluding carboxylic acids is 2. The van der Waals surface area contributed by atoms with E-state index in [-0.39, 0.29) is 11.3 Å². The van der Waals surface area contributed by atoms with E-state index < -0.39 is 17.7 Å². The van der Waals surface area contributed by atoms with Gasteiger partial charge in [0, 0.05) is 22.0 Å². The van der Waals surface area contributed by atoms with Gasteiger partial charge < -0.3 is 10.0 Å². The van der Waals surface area contributed by atoms with Crippen molar-refractivity contribution in [1.82, 2.24) is 4.90 Å². The second-order valence-corrected chi connectivity index (χ2v) is 7.28. The van der Waals surface area contributed by atoms with Crippen LogP contribution in [0.25, 0.3) is 5.76 Å². The summed E-state index contributed by atoms with van der Waals surface area (Å²) in [6.45, 7) is 2.52. The number of unbranched alkanes of at least 4 members (excludes halogenated alkanes) is 1. The van der Waals surface area contributed by atoms with Gasteiger partial charge in [-0.1, -0.05) is 31.0 Å². The second-order valence-electron chi connectivity index (χ2n) is 5.87. The van der Waals surface area contributed by atoms with Crippen molar-refractivity contribution in [2.24, 2.45) is 0 Å². The van der Waals surface area contributed by atoms with Crippen LogP contribution in [0.15, 0.2) is 47.4 Å². The number of benzene rings is 1. The quantitative estimate of drug-likeness (QED) is 0.471. The Morgan fingerprint density at radius 3 is 2.56 bits per heavy atom. The third kappa shape index (κ3) is 3.34. The van der Waals surface area contributed by atoms with Gasteiger partial charge in [-0.3, -0.25) is 9.59 Å². The van der Waals surface area contributed by atoms with E-state index in [1.807, 2.05) is 24.4 Å². The summed E-state index contributed by atoms with van der Waals surface area (Å²) in [5, 5.41) is 13.2. The monoisotopic (exact) mass is 375 g/mol. The number of aliphatic hydroxyl groups excluding tert-OH is 1. The molecule has 1 N–H and O–H groups in total. The third-order valence-corrected chi connectivity index (χ3v) is 5.40. The fraction of sp³-hybridized carbons (Fsp3) is 0.263. The van der Waals surface area contributed by atoms with E-state index in [0.717, 1.165) is 17.7 Å². The van der Waals surface area contributed by atoms with E-state index >= 15 is 0 Å². The molecule has 1 fully saturated rings. The molecule has 4 nitrogen and oxygen atoms in total. The molecule has 1 aliphatic heterocycles. The lowest BCUT2D eigenvalue weighted by Gasteiger charge is -2.23. The van der Waals surface area contributed by atoms with Gasteiger partial charge in [0.25, 0.3) is 11.7 Å². The number of halogens is 1. The molecule has 2 aromatic rings.